The summed E-state index contributed by atoms with van der Waals surface area (Å²) >= 11 is 0. The van der Waals surface area contributed by atoms with Crippen LogP contribution in [-0.4, -0.2) is 11.8 Å². The number of hydrogen-bond donors (Lipinski definition) is 0. The lowest BCUT2D eigenvalue weighted by molar-refractivity contribution is -0.0183. The predicted octanol–water partition coefficient (Wildman–Crippen LogP) is 1.34. The van der Waals surface area contributed by atoms with Crippen LogP contribution in [0.25, 0.3) is 0 Å². The Bertz CT molecular complexity index is 262. The van der Waals surface area contributed by atoms with Gasteiger partial charge in [-0.25, -0.2) is 5.23 Å². The largest absolute Gasteiger partial charge is 0.753 e. The van der Waals surface area contributed by atoms with E-state index in [0.29, 0.717) is 17.5 Å². The SMILES string of the molecule is [O-]N1CCc2ccccc2O1. The average molecular weight is 150 g/mol. The van der Waals surface area contributed by atoms with Crippen LogP contribution in [0.1, 0.15) is 5.56 Å². The first kappa shape index (κ1) is 6.64. The smallest absolute Gasteiger partial charge is 0.149 e. The zero-order valence-electron chi connectivity index (χ0n) is 5.99. The number of hydroxylamine groups is 2. The molecule has 0 radical (unpaired) electrons. The highest BCUT2D eigenvalue weighted by atomic mass is 16.9. The second-order valence-corrected chi connectivity index (χ2v) is 2.51. The number of para-hydroxylation sites is 1. The summed E-state index contributed by atoms with van der Waals surface area (Å²) in [5.41, 5.74) is 1.11. The van der Waals surface area contributed by atoms with E-state index in [1.54, 1.807) is 6.07 Å². The van der Waals surface area contributed by atoms with Gasteiger partial charge in [-0.3, -0.25) is 0 Å². The molecule has 1 aromatic rings. The van der Waals surface area contributed by atoms with Gasteiger partial charge in [0.2, 0.25) is 0 Å². The van der Waals surface area contributed by atoms with Gasteiger partial charge >= 0.3 is 0 Å². The quantitative estimate of drug-likeness (QED) is 0.559. The van der Waals surface area contributed by atoms with Crippen LogP contribution in [0.15, 0.2) is 24.3 Å². The summed E-state index contributed by atoms with van der Waals surface area (Å²) in [7, 11) is 0. The summed E-state index contributed by atoms with van der Waals surface area (Å²) in [6.07, 6.45) is 0.777. The highest BCUT2D eigenvalue weighted by Gasteiger charge is 2.09. The van der Waals surface area contributed by atoms with Crippen LogP contribution in [0, 0.1) is 5.21 Å². The molecule has 0 spiro atoms. The summed E-state index contributed by atoms with van der Waals surface area (Å²) in [5, 5.41) is 11.3. The molecule has 0 N–H and O–H groups in total. The highest BCUT2D eigenvalue weighted by molar-refractivity contribution is 5.34. The van der Waals surface area contributed by atoms with E-state index in [2.05, 4.69) is 0 Å². The Morgan fingerprint density at radius 1 is 1.36 bits per heavy atom. The molecule has 1 heterocycles. The molecule has 2 rings (SSSR count). The number of benzene rings is 1. The van der Waals surface area contributed by atoms with Gasteiger partial charge < -0.3 is 10.0 Å². The minimum absolute atomic E-state index is 0.428. The van der Waals surface area contributed by atoms with Crippen molar-refractivity contribution in [3.63, 3.8) is 0 Å². The van der Waals surface area contributed by atoms with E-state index in [-0.39, 0.29) is 0 Å². The molecule has 0 unspecified atom stereocenters. The third-order valence-electron chi connectivity index (χ3n) is 1.74. The van der Waals surface area contributed by atoms with Crippen LogP contribution in [0.4, 0.5) is 0 Å². The van der Waals surface area contributed by atoms with E-state index < -0.39 is 0 Å². The first-order chi connectivity index (χ1) is 5.36. The van der Waals surface area contributed by atoms with Crippen LogP contribution < -0.4 is 4.84 Å². The van der Waals surface area contributed by atoms with E-state index >= 15 is 0 Å². The van der Waals surface area contributed by atoms with Gasteiger partial charge in [0.05, 0.1) is 0 Å². The first-order valence-electron chi connectivity index (χ1n) is 3.57. The lowest BCUT2D eigenvalue weighted by atomic mass is 10.1. The van der Waals surface area contributed by atoms with Crippen molar-refractivity contribution in [3.05, 3.63) is 35.0 Å². The Morgan fingerprint density at radius 3 is 3.09 bits per heavy atom. The van der Waals surface area contributed by atoms with Gasteiger partial charge in [-0.1, -0.05) is 18.2 Å². The minimum Gasteiger partial charge on any atom is -0.753 e. The van der Waals surface area contributed by atoms with Gasteiger partial charge in [-0.05, 0) is 18.1 Å². The maximum atomic E-state index is 10.7. The maximum absolute atomic E-state index is 10.7. The van der Waals surface area contributed by atoms with Gasteiger partial charge in [0.15, 0.2) is 0 Å². The van der Waals surface area contributed by atoms with Crippen molar-refractivity contribution in [2.24, 2.45) is 0 Å². The third-order valence-corrected chi connectivity index (χ3v) is 1.74. The van der Waals surface area contributed by atoms with Crippen LogP contribution in [-0.2, 0) is 6.42 Å². The normalized spacial score (nSPS) is 17.2. The molecule has 3 heteroatoms. The molecule has 11 heavy (non-hydrogen) atoms. The molecule has 1 aliphatic heterocycles. The second-order valence-electron chi connectivity index (χ2n) is 2.51. The minimum atomic E-state index is 0.428. The molecular weight excluding hydrogens is 142 g/mol. The van der Waals surface area contributed by atoms with Gasteiger partial charge in [0, 0.05) is 6.54 Å². The van der Waals surface area contributed by atoms with E-state index in [1.165, 1.54) is 0 Å². The summed E-state index contributed by atoms with van der Waals surface area (Å²) in [6, 6.07) is 7.59. The molecule has 0 fully saturated rings. The standard InChI is InChI=1S/C8H8NO2/c10-9-6-5-7-3-1-2-4-8(7)11-9/h1-4H,5-6H2/q-1. The molecule has 1 aromatic carbocycles. The Hall–Kier alpha value is -1.06. The van der Waals surface area contributed by atoms with Crippen molar-refractivity contribution in [3.8, 4) is 5.75 Å². The molecule has 0 saturated heterocycles. The van der Waals surface area contributed by atoms with Crippen LogP contribution in [0.5, 0.6) is 5.75 Å². The molecule has 0 amide bonds. The number of hydrogen-bond acceptors (Lipinski definition) is 3. The van der Waals surface area contributed by atoms with Gasteiger partial charge in [0.1, 0.15) is 5.75 Å². The topological polar surface area (TPSA) is 35.5 Å². The maximum Gasteiger partial charge on any atom is 0.149 e. The second kappa shape index (κ2) is 2.53. The molecule has 3 nitrogen and oxygen atoms in total. The molecule has 0 aliphatic carbocycles. The van der Waals surface area contributed by atoms with E-state index in [9.17, 15) is 5.21 Å². The number of fused-ring (bicyclic) bond motifs is 1. The van der Waals surface area contributed by atoms with Crippen molar-refractivity contribution in [2.45, 2.75) is 6.42 Å². The summed E-state index contributed by atoms with van der Waals surface area (Å²) in [5.74, 6) is 0.689. The molecule has 0 saturated carbocycles. The van der Waals surface area contributed by atoms with Crippen LogP contribution in [0.3, 0.4) is 0 Å². The zero-order chi connectivity index (χ0) is 7.68. The van der Waals surface area contributed by atoms with Gasteiger partial charge in [-0.15, -0.1) is 0 Å². The molecule has 0 aromatic heterocycles. The monoisotopic (exact) mass is 150 g/mol. The van der Waals surface area contributed by atoms with E-state index in [0.717, 1.165) is 12.0 Å². The number of rotatable bonds is 0. The van der Waals surface area contributed by atoms with Crippen molar-refractivity contribution in [1.29, 1.82) is 0 Å². The third kappa shape index (κ3) is 1.20. The summed E-state index contributed by atoms with van der Waals surface area (Å²) < 4.78 is 0. The summed E-state index contributed by atoms with van der Waals surface area (Å²) in [4.78, 5) is 4.91. The van der Waals surface area contributed by atoms with Gasteiger partial charge in [0.25, 0.3) is 0 Å². The van der Waals surface area contributed by atoms with E-state index in [4.69, 9.17) is 4.84 Å². The predicted molar refractivity (Wildman–Crippen MR) is 40.8 cm³/mol. The Labute approximate surface area is 64.7 Å². The van der Waals surface area contributed by atoms with Crippen LogP contribution in [0.2, 0.25) is 0 Å². The van der Waals surface area contributed by atoms with Gasteiger partial charge in [-0.2, -0.15) is 0 Å². The molecule has 1 aliphatic rings. The average Bonchev–Trinajstić information content (AvgIpc) is 2.04. The van der Waals surface area contributed by atoms with Crippen molar-refractivity contribution in [1.82, 2.24) is 5.23 Å². The highest BCUT2D eigenvalue weighted by Crippen LogP contribution is 2.22. The molecular formula is C8H8NO2-. The lowest BCUT2D eigenvalue weighted by Crippen LogP contribution is -2.27. The zero-order valence-corrected chi connectivity index (χ0v) is 5.99. The molecule has 0 atom stereocenters. The Kier molecular flexibility index (Phi) is 1.52. The Morgan fingerprint density at radius 2 is 2.18 bits per heavy atom. The fourth-order valence-corrected chi connectivity index (χ4v) is 1.17. The summed E-state index contributed by atoms with van der Waals surface area (Å²) in [6.45, 7) is 0.428. The molecule has 0 bridgehead atoms. The Balaban J connectivity index is 2.34. The van der Waals surface area contributed by atoms with Crippen molar-refractivity contribution >= 4 is 0 Å². The fraction of sp³-hybridized carbons (Fsp3) is 0.250. The van der Waals surface area contributed by atoms with Crippen LogP contribution >= 0.6 is 0 Å². The fourth-order valence-electron chi connectivity index (χ4n) is 1.17. The molecule has 58 valence electrons. The first-order valence-corrected chi connectivity index (χ1v) is 3.57. The van der Waals surface area contributed by atoms with Crippen molar-refractivity contribution in [2.75, 3.05) is 6.54 Å². The lowest BCUT2D eigenvalue weighted by Gasteiger charge is -2.32. The van der Waals surface area contributed by atoms with Crippen molar-refractivity contribution < 1.29 is 4.84 Å². The number of nitrogens with zero attached hydrogens (tertiary/aromatic N) is 1. The van der Waals surface area contributed by atoms with E-state index in [1.807, 2.05) is 18.2 Å².